The number of hydrogen-bond acceptors (Lipinski definition) is 4. The van der Waals surface area contributed by atoms with Gasteiger partial charge < -0.3 is 4.90 Å². The van der Waals surface area contributed by atoms with Crippen LogP contribution in [0, 0.1) is 0 Å². The molecule has 0 bridgehead atoms. The molecule has 1 aliphatic heterocycles. The van der Waals surface area contributed by atoms with Crippen molar-refractivity contribution >= 4 is 17.6 Å². The minimum atomic E-state index is -0.716. The summed E-state index contributed by atoms with van der Waals surface area (Å²) in [7, 11) is 0. The summed E-state index contributed by atoms with van der Waals surface area (Å²) in [5.74, 6) is 0.844. The van der Waals surface area contributed by atoms with Crippen molar-refractivity contribution in [2.45, 2.75) is 24.2 Å². The normalized spacial score (nSPS) is 21.7. The standard InChI is InChI=1S/C10H14FN3S/c1-15-10-12-5-4-9(13-10)14-6-2-3-8(11)7-14/h4-5,8H,2-3,6-7H2,1H3. The van der Waals surface area contributed by atoms with Crippen LogP contribution < -0.4 is 4.90 Å². The second kappa shape index (κ2) is 4.79. The molecule has 1 fully saturated rings. The van der Waals surface area contributed by atoms with Crippen molar-refractivity contribution in [2.75, 3.05) is 24.2 Å². The van der Waals surface area contributed by atoms with E-state index in [-0.39, 0.29) is 0 Å². The van der Waals surface area contributed by atoms with Crippen LogP contribution in [0.2, 0.25) is 0 Å². The first-order valence-electron chi connectivity index (χ1n) is 5.05. The molecule has 1 aromatic rings. The second-order valence-electron chi connectivity index (χ2n) is 3.59. The van der Waals surface area contributed by atoms with Gasteiger partial charge in [-0.15, -0.1) is 0 Å². The average molecular weight is 227 g/mol. The molecule has 1 aliphatic rings. The molecule has 0 amide bonds. The highest BCUT2D eigenvalue weighted by Gasteiger charge is 2.20. The summed E-state index contributed by atoms with van der Waals surface area (Å²) in [6, 6.07) is 1.84. The van der Waals surface area contributed by atoms with Crippen molar-refractivity contribution in [2.24, 2.45) is 0 Å². The molecule has 82 valence electrons. The van der Waals surface area contributed by atoms with Crippen LogP contribution in [-0.4, -0.2) is 35.5 Å². The van der Waals surface area contributed by atoms with Crippen molar-refractivity contribution in [3.05, 3.63) is 12.3 Å². The highest BCUT2D eigenvalue weighted by Crippen LogP contribution is 2.20. The highest BCUT2D eigenvalue weighted by atomic mass is 32.2. The number of nitrogens with zero attached hydrogens (tertiary/aromatic N) is 3. The number of piperidine rings is 1. The lowest BCUT2D eigenvalue weighted by Crippen LogP contribution is -2.36. The molecule has 1 aromatic heterocycles. The summed E-state index contributed by atoms with van der Waals surface area (Å²) < 4.78 is 13.2. The van der Waals surface area contributed by atoms with Crippen molar-refractivity contribution in [3.8, 4) is 0 Å². The summed E-state index contributed by atoms with van der Waals surface area (Å²) >= 11 is 1.51. The quantitative estimate of drug-likeness (QED) is 0.572. The fourth-order valence-corrected chi connectivity index (χ4v) is 2.09. The van der Waals surface area contributed by atoms with E-state index in [9.17, 15) is 4.39 Å². The lowest BCUT2D eigenvalue weighted by atomic mass is 10.1. The fraction of sp³-hybridized carbons (Fsp3) is 0.600. The van der Waals surface area contributed by atoms with E-state index in [1.54, 1.807) is 6.20 Å². The lowest BCUT2D eigenvalue weighted by molar-refractivity contribution is 0.286. The molecular weight excluding hydrogens is 213 g/mol. The molecule has 0 spiro atoms. The number of alkyl halides is 1. The van der Waals surface area contributed by atoms with Crippen LogP contribution in [0.3, 0.4) is 0 Å². The Kier molecular flexibility index (Phi) is 3.41. The lowest BCUT2D eigenvalue weighted by Gasteiger charge is -2.29. The predicted molar refractivity (Wildman–Crippen MR) is 60.2 cm³/mol. The zero-order valence-electron chi connectivity index (χ0n) is 8.69. The molecule has 1 saturated heterocycles. The number of halogens is 1. The molecule has 0 radical (unpaired) electrons. The molecule has 5 heteroatoms. The van der Waals surface area contributed by atoms with E-state index in [4.69, 9.17) is 0 Å². The molecule has 0 N–H and O–H groups in total. The van der Waals surface area contributed by atoms with E-state index < -0.39 is 6.17 Å². The van der Waals surface area contributed by atoms with E-state index in [0.29, 0.717) is 13.0 Å². The van der Waals surface area contributed by atoms with E-state index in [1.165, 1.54) is 11.8 Å². The smallest absolute Gasteiger partial charge is 0.189 e. The molecule has 0 saturated carbocycles. The van der Waals surface area contributed by atoms with E-state index in [2.05, 4.69) is 9.97 Å². The largest absolute Gasteiger partial charge is 0.354 e. The first-order chi connectivity index (χ1) is 7.29. The van der Waals surface area contributed by atoms with Gasteiger partial charge in [-0.3, -0.25) is 0 Å². The number of anilines is 1. The third-order valence-corrected chi connectivity index (χ3v) is 3.05. The average Bonchev–Trinajstić information content (AvgIpc) is 2.29. The highest BCUT2D eigenvalue weighted by molar-refractivity contribution is 7.98. The Morgan fingerprint density at radius 1 is 1.60 bits per heavy atom. The van der Waals surface area contributed by atoms with Crippen LogP contribution in [0.1, 0.15) is 12.8 Å². The van der Waals surface area contributed by atoms with Gasteiger partial charge in [0.25, 0.3) is 0 Å². The molecule has 0 aliphatic carbocycles. The van der Waals surface area contributed by atoms with Crippen molar-refractivity contribution < 1.29 is 4.39 Å². The summed E-state index contributed by atoms with van der Waals surface area (Å²) in [5.41, 5.74) is 0. The Bertz CT molecular complexity index is 334. The van der Waals surface area contributed by atoms with Gasteiger partial charge in [-0.2, -0.15) is 0 Å². The van der Waals surface area contributed by atoms with Crippen LogP contribution in [0.4, 0.5) is 10.2 Å². The maximum absolute atomic E-state index is 13.2. The van der Waals surface area contributed by atoms with Gasteiger partial charge in [0.15, 0.2) is 5.16 Å². The zero-order valence-corrected chi connectivity index (χ0v) is 9.50. The van der Waals surface area contributed by atoms with Crippen LogP contribution in [0.5, 0.6) is 0 Å². The molecule has 3 nitrogen and oxygen atoms in total. The van der Waals surface area contributed by atoms with Gasteiger partial charge >= 0.3 is 0 Å². The first kappa shape index (κ1) is 10.7. The van der Waals surface area contributed by atoms with Crippen LogP contribution in [0.25, 0.3) is 0 Å². The Balaban J connectivity index is 2.13. The Hall–Kier alpha value is -0.840. The van der Waals surface area contributed by atoms with Crippen LogP contribution >= 0.6 is 11.8 Å². The SMILES string of the molecule is CSc1nccc(N2CCCC(F)C2)n1. The topological polar surface area (TPSA) is 29.0 Å². The number of hydrogen-bond donors (Lipinski definition) is 0. The van der Waals surface area contributed by atoms with Crippen LogP contribution in [0.15, 0.2) is 17.4 Å². The van der Waals surface area contributed by atoms with Crippen LogP contribution in [-0.2, 0) is 0 Å². The number of rotatable bonds is 2. The number of thioether (sulfide) groups is 1. The van der Waals surface area contributed by atoms with E-state index in [1.807, 2.05) is 17.2 Å². The third-order valence-electron chi connectivity index (χ3n) is 2.49. The summed E-state index contributed by atoms with van der Waals surface area (Å²) in [4.78, 5) is 10.5. The van der Waals surface area contributed by atoms with Gasteiger partial charge in [-0.25, -0.2) is 14.4 Å². The van der Waals surface area contributed by atoms with Gasteiger partial charge in [0, 0.05) is 12.7 Å². The molecular formula is C10H14FN3S. The molecule has 1 unspecified atom stereocenters. The van der Waals surface area contributed by atoms with Gasteiger partial charge in [0.2, 0.25) is 0 Å². The van der Waals surface area contributed by atoms with Gasteiger partial charge in [0.05, 0.1) is 6.54 Å². The van der Waals surface area contributed by atoms with Gasteiger partial charge in [0.1, 0.15) is 12.0 Å². The first-order valence-corrected chi connectivity index (χ1v) is 6.28. The summed E-state index contributed by atoms with van der Waals surface area (Å²) in [5, 5.41) is 0.744. The Labute approximate surface area is 93.1 Å². The predicted octanol–water partition coefficient (Wildman–Crippen LogP) is 2.14. The second-order valence-corrected chi connectivity index (χ2v) is 4.36. The third kappa shape index (κ3) is 2.59. The Morgan fingerprint density at radius 2 is 2.47 bits per heavy atom. The maximum atomic E-state index is 13.2. The Morgan fingerprint density at radius 3 is 3.20 bits per heavy atom. The maximum Gasteiger partial charge on any atom is 0.189 e. The van der Waals surface area contributed by atoms with Crippen molar-refractivity contribution in [1.82, 2.24) is 9.97 Å². The van der Waals surface area contributed by atoms with Crippen molar-refractivity contribution in [3.63, 3.8) is 0 Å². The molecule has 2 rings (SSSR count). The fourth-order valence-electron chi connectivity index (χ4n) is 1.74. The minimum Gasteiger partial charge on any atom is -0.354 e. The summed E-state index contributed by atoms with van der Waals surface area (Å²) in [6.45, 7) is 1.36. The summed E-state index contributed by atoms with van der Waals surface area (Å²) in [6.07, 6.45) is 4.53. The van der Waals surface area contributed by atoms with E-state index >= 15 is 0 Å². The van der Waals surface area contributed by atoms with E-state index in [0.717, 1.165) is 23.9 Å². The molecule has 2 heterocycles. The van der Waals surface area contributed by atoms with Gasteiger partial charge in [-0.1, -0.05) is 11.8 Å². The minimum absolute atomic E-state index is 0.463. The molecule has 15 heavy (non-hydrogen) atoms. The zero-order chi connectivity index (χ0) is 10.7. The molecule has 1 atom stereocenters. The molecule has 0 aromatic carbocycles. The van der Waals surface area contributed by atoms with Crippen molar-refractivity contribution in [1.29, 1.82) is 0 Å². The monoisotopic (exact) mass is 227 g/mol. The van der Waals surface area contributed by atoms with Gasteiger partial charge in [-0.05, 0) is 25.2 Å². The number of aromatic nitrogens is 2.